The molecule has 8 heteroatoms. The molecule has 1 rings (SSSR count). The molecule has 1 heterocycles. The second kappa shape index (κ2) is 6.16. The molecule has 1 atom stereocenters. The number of amides is 1. The Kier molecular flexibility index (Phi) is 5.07. The van der Waals surface area contributed by atoms with Crippen LogP contribution in [-0.4, -0.2) is 36.7 Å². The molecule has 108 valence electrons. The monoisotopic (exact) mass is 288 g/mol. The van der Waals surface area contributed by atoms with Crippen LogP contribution in [0.3, 0.4) is 0 Å². The van der Waals surface area contributed by atoms with Crippen molar-refractivity contribution in [3.8, 4) is 0 Å². The van der Waals surface area contributed by atoms with E-state index in [1.807, 2.05) is 25.5 Å². The Morgan fingerprint density at radius 1 is 1.47 bits per heavy atom. The van der Waals surface area contributed by atoms with Crippen LogP contribution in [0.4, 0.5) is 0 Å². The first kappa shape index (κ1) is 15.6. The standard InChI is InChI=1S/C11H20N4O3S/c1-8(2)10(11-12-5-6-15(11)3)14-9(16)7-13-19(4,17)18/h5-6,8,10,13H,7H2,1-4H3,(H,14,16)/t10-/m1/s1. The van der Waals surface area contributed by atoms with Crippen molar-refractivity contribution in [2.75, 3.05) is 12.8 Å². The van der Waals surface area contributed by atoms with E-state index >= 15 is 0 Å². The van der Waals surface area contributed by atoms with Crippen LogP contribution in [0.5, 0.6) is 0 Å². The van der Waals surface area contributed by atoms with Gasteiger partial charge in [0.05, 0.1) is 18.8 Å². The van der Waals surface area contributed by atoms with Crippen molar-refractivity contribution in [1.29, 1.82) is 0 Å². The maximum absolute atomic E-state index is 11.7. The Balaban J connectivity index is 2.70. The molecule has 0 saturated heterocycles. The van der Waals surface area contributed by atoms with Gasteiger partial charge in [-0.2, -0.15) is 0 Å². The molecule has 0 spiro atoms. The van der Waals surface area contributed by atoms with Gasteiger partial charge in [-0.05, 0) is 5.92 Å². The molecule has 0 unspecified atom stereocenters. The quantitative estimate of drug-likeness (QED) is 0.757. The minimum absolute atomic E-state index is 0.142. The largest absolute Gasteiger partial charge is 0.345 e. The van der Waals surface area contributed by atoms with Gasteiger partial charge in [0.15, 0.2) is 0 Å². The van der Waals surface area contributed by atoms with E-state index in [-0.39, 0.29) is 24.4 Å². The van der Waals surface area contributed by atoms with Crippen molar-refractivity contribution in [3.05, 3.63) is 18.2 Å². The Hall–Kier alpha value is -1.41. The van der Waals surface area contributed by atoms with Crippen LogP contribution in [-0.2, 0) is 21.9 Å². The summed E-state index contributed by atoms with van der Waals surface area (Å²) >= 11 is 0. The molecular formula is C11H20N4O3S. The highest BCUT2D eigenvalue weighted by Gasteiger charge is 2.22. The van der Waals surface area contributed by atoms with Crippen molar-refractivity contribution < 1.29 is 13.2 Å². The number of aryl methyl sites for hydroxylation is 1. The topological polar surface area (TPSA) is 93.1 Å². The zero-order valence-electron chi connectivity index (χ0n) is 11.5. The minimum Gasteiger partial charge on any atom is -0.345 e. The Labute approximate surface area is 113 Å². The van der Waals surface area contributed by atoms with E-state index < -0.39 is 10.0 Å². The summed E-state index contributed by atoms with van der Waals surface area (Å²) in [5.74, 6) is 0.498. The lowest BCUT2D eigenvalue weighted by Crippen LogP contribution is -2.40. The third-order valence-corrected chi connectivity index (χ3v) is 3.28. The van der Waals surface area contributed by atoms with Crippen molar-refractivity contribution in [2.24, 2.45) is 13.0 Å². The summed E-state index contributed by atoms with van der Waals surface area (Å²) < 4.78 is 25.8. The maximum atomic E-state index is 11.7. The number of imidazole rings is 1. The highest BCUT2D eigenvalue weighted by molar-refractivity contribution is 7.88. The average Bonchev–Trinajstić information content (AvgIpc) is 2.68. The molecule has 1 aromatic rings. The van der Waals surface area contributed by atoms with Gasteiger partial charge < -0.3 is 9.88 Å². The first-order valence-corrected chi connectivity index (χ1v) is 7.81. The van der Waals surface area contributed by atoms with Crippen LogP contribution in [0.2, 0.25) is 0 Å². The number of nitrogens with zero attached hydrogens (tertiary/aromatic N) is 2. The molecule has 0 aliphatic rings. The molecule has 0 bridgehead atoms. The molecule has 0 fully saturated rings. The predicted molar refractivity (Wildman–Crippen MR) is 71.8 cm³/mol. The summed E-state index contributed by atoms with van der Waals surface area (Å²) in [4.78, 5) is 15.9. The van der Waals surface area contributed by atoms with Crippen molar-refractivity contribution in [3.63, 3.8) is 0 Å². The van der Waals surface area contributed by atoms with E-state index in [0.29, 0.717) is 0 Å². The molecule has 0 aliphatic carbocycles. The minimum atomic E-state index is -3.37. The van der Waals surface area contributed by atoms with Gasteiger partial charge in [0.1, 0.15) is 5.82 Å². The first-order valence-electron chi connectivity index (χ1n) is 5.92. The highest BCUT2D eigenvalue weighted by Crippen LogP contribution is 2.19. The molecular weight excluding hydrogens is 268 g/mol. The van der Waals surface area contributed by atoms with Crippen LogP contribution >= 0.6 is 0 Å². The number of nitrogens with one attached hydrogen (secondary N) is 2. The average molecular weight is 288 g/mol. The van der Waals surface area contributed by atoms with Crippen LogP contribution in [0.1, 0.15) is 25.7 Å². The third-order valence-electron chi connectivity index (χ3n) is 2.61. The first-order chi connectivity index (χ1) is 8.70. The zero-order chi connectivity index (χ0) is 14.6. The second-order valence-electron chi connectivity index (χ2n) is 4.78. The molecule has 0 aliphatic heterocycles. The fourth-order valence-corrected chi connectivity index (χ4v) is 2.02. The van der Waals surface area contributed by atoms with E-state index in [4.69, 9.17) is 0 Å². The van der Waals surface area contributed by atoms with Crippen molar-refractivity contribution in [2.45, 2.75) is 19.9 Å². The summed E-state index contributed by atoms with van der Waals surface area (Å²) in [6, 6.07) is -0.256. The number of rotatable bonds is 6. The SMILES string of the molecule is CC(C)[C@@H](NC(=O)CNS(C)(=O)=O)c1nccn1C. The smallest absolute Gasteiger partial charge is 0.235 e. The summed E-state index contributed by atoms with van der Waals surface area (Å²) in [5, 5.41) is 2.78. The molecule has 0 saturated carbocycles. The number of aromatic nitrogens is 2. The maximum Gasteiger partial charge on any atom is 0.235 e. The second-order valence-corrected chi connectivity index (χ2v) is 6.61. The molecule has 0 aromatic carbocycles. The lowest BCUT2D eigenvalue weighted by Gasteiger charge is -2.22. The lowest BCUT2D eigenvalue weighted by molar-refractivity contribution is -0.121. The molecule has 0 radical (unpaired) electrons. The fraction of sp³-hybridized carbons (Fsp3) is 0.636. The van der Waals surface area contributed by atoms with Crippen molar-refractivity contribution in [1.82, 2.24) is 19.6 Å². The molecule has 1 amide bonds. The van der Waals surface area contributed by atoms with E-state index in [9.17, 15) is 13.2 Å². The van der Waals surface area contributed by atoms with Gasteiger partial charge in [0.25, 0.3) is 0 Å². The van der Waals surface area contributed by atoms with Gasteiger partial charge in [0.2, 0.25) is 15.9 Å². The van der Waals surface area contributed by atoms with Gasteiger partial charge >= 0.3 is 0 Å². The number of carbonyl (C=O) groups excluding carboxylic acids is 1. The Morgan fingerprint density at radius 3 is 2.53 bits per heavy atom. The number of sulfonamides is 1. The normalized spacial score (nSPS) is 13.5. The third kappa shape index (κ3) is 4.99. The van der Waals surface area contributed by atoms with Gasteiger partial charge in [-0.25, -0.2) is 18.1 Å². The van der Waals surface area contributed by atoms with E-state index in [2.05, 4.69) is 15.0 Å². The predicted octanol–water partition coefficient (Wildman–Crippen LogP) is -0.217. The summed E-state index contributed by atoms with van der Waals surface area (Å²) in [6.07, 6.45) is 4.47. The van der Waals surface area contributed by atoms with E-state index in [1.54, 1.807) is 12.4 Å². The van der Waals surface area contributed by atoms with Crippen LogP contribution in [0.25, 0.3) is 0 Å². The Bertz CT molecular complexity index is 536. The van der Waals surface area contributed by atoms with Crippen molar-refractivity contribution >= 4 is 15.9 Å². The molecule has 19 heavy (non-hydrogen) atoms. The van der Waals surface area contributed by atoms with E-state index in [1.165, 1.54) is 0 Å². The highest BCUT2D eigenvalue weighted by atomic mass is 32.2. The van der Waals surface area contributed by atoms with Crippen LogP contribution < -0.4 is 10.0 Å². The Morgan fingerprint density at radius 2 is 2.11 bits per heavy atom. The van der Waals surface area contributed by atoms with Crippen LogP contribution in [0, 0.1) is 5.92 Å². The number of carbonyl (C=O) groups is 1. The van der Waals surface area contributed by atoms with Gasteiger partial charge in [0, 0.05) is 19.4 Å². The molecule has 1 aromatic heterocycles. The van der Waals surface area contributed by atoms with Crippen LogP contribution in [0.15, 0.2) is 12.4 Å². The van der Waals surface area contributed by atoms with Gasteiger partial charge in [-0.15, -0.1) is 0 Å². The zero-order valence-corrected chi connectivity index (χ0v) is 12.4. The summed E-state index contributed by atoms with van der Waals surface area (Å²) in [7, 11) is -1.52. The molecule has 7 nitrogen and oxygen atoms in total. The van der Waals surface area contributed by atoms with Gasteiger partial charge in [-0.1, -0.05) is 13.8 Å². The van der Waals surface area contributed by atoms with Gasteiger partial charge in [-0.3, -0.25) is 4.79 Å². The lowest BCUT2D eigenvalue weighted by atomic mass is 10.0. The number of hydrogen-bond acceptors (Lipinski definition) is 4. The summed E-state index contributed by atoms with van der Waals surface area (Å²) in [6.45, 7) is 3.65. The van der Waals surface area contributed by atoms with E-state index in [0.717, 1.165) is 12.1 Å². The fourth-order valence-electron chi connectivity index (χ4n) is 1.63. The summed E-state index contributed by atoms with van der Waals surface area (Å²) in [5.41, 5.74) is 0. The molecule has 2 N–H and O–H groups in total. The number of hydrogen-bond donors (Lipinski definition) is 2.